The summed E-state index contributed by atoms with van der Waals surface area (Å²) in [6.45, 7) is 3.14. The first-order chi connectivity index (χ1) is 8.36. The van der Waals surface area contributed by atoms with Crippen LogP contribution in [0.25, 0.3) is 11.1 Å². The molecule has 0 fully saturated rings. The Morgan fingerprint density at radius 2 is 1.29 bits per heavy atom. The molecule has 1 aliphatic rings. The van der Waals surface area contributed by atoms with Crippen molar-refractivity contribution < 1.29 is 0 Å². The van der Waals surface area contributed by atoms with Crippen molar-refractivity contribution in [2.45, 2.75) is 13.3 Å². The standard InChI is InChI=1S/C13H10.C3H9N/c1-3-7-12-10(5-1)9-11-6-2-4-8-13(11)12;1-3-4-2/h1-8H,9H2;4H,3H2,1-2H3. The number of benzene rings is 2. The highest BCUT2D eigenvalue weighted by Crippen LogP contribution is 2.35. The number of hydrogen-bond donors (Lipinski definition) is 1. The SMILES string of the molecule is CCNC.c1ccc2c(c1)Cc1ccccc1-2. The van der Waals surface area contributed by atoms with Crippen LogP contribution in [0.1, 0.15) is 18.1 Å². The smallest absolute Gasteiger partial charge is 0.00135 e. The van der Waals surface area contributed by atoms with Crippen LogP contribution in [-0.4, -0.2) is 13.6 Å². The Balaban J connectivity index is 0.000000239. The lowest BCUT2D eigenvalue weighted by molar-refractivity contribution is 0.864. The lowest BCUT2D eigenvalue weighted by Gasteiger charge is -1.98. The van der Waals surface area contributed by atoms with Gasteiger partial charge in [-0.25, -0.2) is 0 Å². The van der Waals surface area contributed by atoms with Crippen LogP contribution >= 0.6 is 0 Å². The van der Waals surface area contributed by atoms with E-state index in [-0.39, 0.29) is 0 Å². The van der Waals surface area contributed by atoms with Crippen LogP contribution in [0, 0.1) is 0 Å². The molecule has 0 aromatic heterocycles. The van der Waals surface area contributed by atoms with Crippen molar-refractivity contribution in [3.63, 3.8) is 0 Å². The Hall–Kier alpha value is -1.60. The van der Waals surface area contributed by atoms with Crippen LogP contribution in [0.4, 0.5) is 0 Å². The lowest BCUT2D eigenvalue weighted by atomic mass is 10.1. The molecular weight excluding hydrogens is 206 g/mol. The first-order valence-corrected chi connectivity index (χ1v) is 6.17. The van der Waals surface area contributed by atoms with Gasteiger partial charge >= 0.3 is 0 Å². The Labute approximate surface area is 103 Å². The molecule has 0 heterocycles. The molecule has 1 aliphatic carbocycles. The van der Waals surface area contributed by atoms with Gasteiger partial charge in [0.05, 0.1) is 0 Å². The van der Waals surface area contributed by atoms with Crippen LogP contribution in [0.2, 0.25) is 0 Å². The summed E-state index contributed by atoms with van der Waals surface area (Å²) >= 11 is 0. The zero-order chi connectivity index (χ0) is 12.1. The fraction of sp³-hybridized carbons (Fsp3) is 0.250. The molecule has 0 amide bonds. The summed E-state index contributed by atoms with van der Waals surface area (Å²) in [7, 11) is 1.93. The van der Waals surface area contributed by atoms with E-state index in [1.807, 2.05) is 7.05 Å². The van der Waals surface area contributed by atoms with Crippen molar-refractivity contribution in [2.24, 2.45) is 0 Å². The van der Waals surface area contributed by atoms with Gasteiger partial charge in [0.15, 0.2) is 0 Å². The van der Waals surface area contributed by atoms with Gasteiger partial charge in [-0.2, -0.15) is 0 Å². The summed E-state index contributed by atoms with van der Waals surface area (Å²) in [5.41, 5.74) is 5.75. The quantitative estimate of drug-likeness (QED) is 0.668. The summed E-state index contributed by atoms with van der Waals surface area (Å²) in [6.07, 6.45) is 1.10. The van der Waals surface area contributed by atoms with Gasteiger partial charge in [0.25, 0.3) is 0 Å². The summed E-state index contributed by atoms with van der Waals surface area (Å²) in [5, 5.41) is 2.93. The van der Waals surface area contributed by atoms with E-state index in [1.165, 1.54) is 22.3 Å². The summed E-state index contributed by atoms with van der Waals surface area (Å²) in [6, 6.07) is 17.3. The van der Waals surface area contributed by atoms with Gasteiger partial charge in [0, 0.05) is 0 Å². The van der Waals surface area contributed by atoms with E-state index in [4.69, 9.17) is 0 Å². The molecule has 0 aliphatic heterocycles. The predicted octanol–water partition coefficient (Wildman–Crippen LogP) is 3.48. The zero-order valence-corrected chi connectivity index (χ0v) is 10.5. The molecule has 0 spiro atoms. The summed E-state index contributed by atoms with van der Waals surface area (Å²) < 4.78 is 0. The molecule has 0 saturated heterocycles. The van der Waals surface area contributed by atoms with Crippen LogP contribution in [0.3, 0.4) is 0 Å². The van der Waals surface area contributed by atoms with E-state index in [0.717, 1.165) is 13.0 Å². The fourth-order valence-electron chi connectivity index (χ4n) is 2.08. The molecule has 0 unspecified atom stereocenters. The highest BCUT2D eigenvalue weighted by Gasteiger charge is 2.15. The van der Waals surface area contributed by atoms with Crippen molar-refractivity contribution in [1.82, 2.24) is 5.32 Å². The maximum Gasteiger partial charge on any atom is -0.00135 e. The van der Waals surface area contributed by atoms with Gasteiger partial charge in [-0.05, 0) is 42.3 Å². The van der Waals surface area contributed by atoms with E-state index < -0.39 is 0 Å². The monoisotopic (exact) mass is 225 g/mol. The van der Waals surface area contributed by atoms with Crippen LogP contribution in [0.5, 0.6) is 0 Å². The maximum atomic E-state index is 2.93. The van der Waals surface area contributed by atoms with E-state index in [0.29, 0.717) is 0 Å². The Bertz CT molecular complexity index is 443. The first kappa shape index (κ1) is 11.9. The average Bonchev–Trinajstić information content (AvgIpc) is 2.77. The molecule has 2 aromatic carbocycles. The number of nitrogens with one attached hydrogen (secondary N) is 1. The fourth-order valence-corrected chi connectivity index (χ4v) is 2.08. The van der Waals surface area contributed by atoms with Crippen LogP contribution < -0.4 is 5.32 Å². The van der Waals surface area contributed by atoms with Gasteiger partial charge in [0.2, 0.25) is 0 Å². The third-order valence-electron chi connectivity index (χ3n) is 3.06. The average molecular weight is 225 g/mol. The number of rotatable bonds is 1. The van der Waals surface area contributed by atoms with E-state index in [2.05, 4.69) is 60.8 Å². The minimum Gasteiger partial charge on any atom is -0.320 e. The largest absolute Gasteiger partial charge is 0.320 e. The molecule has 2 aromatic rings. The molecule has 3 rings (SSSR count). The van der Waals surface area contributed by atoms with Crippen molar-refractivity contribution in [3.8, 4) is 11.1 Å². The molecule has 1 heteroatoms. The third kappa shape index (κ3) is 2.56. The lowest BCUT2D eigenvalue weighted by Crippen LogP contribution is -2.01. The van der Waals surface area contributed by atoms with Gasteiger partial charge in [-0.3, -0.25) is 0 Å². The van der Waals surface area contributed by atoms with Crippen molar-refractivity contribution >= 4 is 0 Å². The molecule has 0 atom stereocenters. The summed E-state index contributed by atoms with van der Waals surface area (Å²) in [4.78, 5) is 0. The molecule has 0 saturated carbocycles. The summed E-state index contributed by atoms with van der Waals surface area (Å²) in [5.74, 6) is 0. The topological polar surface area (TPSA) is 12.0 Å². The van der Waals surface area contributed by atoms with E-state index >= 15 is 0 Å². The molecule has 1 N–H and O–H groups in total. The second-order valence-electron chi connectivity index (χ2n) is 4.20. The zero-order valence-electron chi connectivity index (χ0n) is 10.5. The van der Waals surface area contributed by atoms with Crippen LogP contribution in [-0.2, 0) is 6.42 Å². The van der Waals surface area contributed by atoms with E-state index in [1.54, 1.807) is 0 Å². The second kappa shape index (κ2) is 5.65. The van der Waals surface area contributed by atoms with Crippen molar-refractivity contribution in [2.75, 3.05) is 13.6 Å². The Kier molecular flexibility index (Phi) is 3.94. The number of hydrogen-bond acceptors (Lipinski definition) is 1. The normalized spacial score (nSPS) is 11.2. The molecule has 88 valence electrons. The van der Waals surface area contributed by atoms with Crippen molar-refractivity contribution in [1.29, 1.82) is 0 Å². The predicted molar refractivity (Wildman–Crippen MR) is 74.3 cm³/mol. The Morgan fingerprint density at radius 3 is 1.71 bits per heavy atom. The number of fused-ring (bicyclic) bond motifs is 3. The second-order valence-corrected chi connectivity index (χ2v) is 4.20. The minimum absolute atomic E-state index is 1.07. The van der Waals surface area contributed by atoms with Gasteiger partial charge in [-0.1, -0.05) is 55.5 Å². The molecule has 1 nitrogen and oxygen atoms in total. The molecular formula is C16H19N. The van der Waals surface area contributed by atoms with Crippen molar-refractivity contribution in [3.05, 3.63) is 59.7 Å². The van der Waals surface area contributed by atoms with Crippen LogP contribution in [0.15, 0.2) is 48.5 Å². The van der Waals surface area contributed by atoms with Gasteiger partial charge < -0.3 is 5.32 Å². The molecule has 0 bridgehead atoms. The van der Waals surface area contributed by atoms with E-state index in [9.17, 15) is 0 Å². The Morgan fingerprint density at radius 1 is 0.882 bits per heavy atom. The maximum absolute atomic E-state index is 2.93. The van der Waals surface area contributed by atoms with Gasteiger partial charge in [0.1, 0.15) is 0 Å². The third-order valence-corrected chi connectivity index (χ3v) is 3.06. The first-order valence-electron chi connectivity index (χ1n) is 6.17. The highest BCUT2D eigenvalue weighted by molar-refractivity contribution is 5.76. The highest BCUT2D eigenvalue weighted by atomic mass is 14.8. The molecule has 17 heavy (non-hydrogen) atoms. The minimum atomic E-state index is 1.07. The molecule has 0 radical (unpaired) electrons. The van der Waals surface area contributed by atoms with Gasteiger partial charge in [-0.15, -0.1) is 0 Å².